The number of benzene rings is 1. The highest BCUT2D eigenvalue weighted by atomic mass is 16.5. The summed E-state index contributed by atoms with van der Waals surface area (Å²) in [5, 5.41) is 2.87. The summed E-state index contributed by atoms with van der Waals surface area (Å²) in [4.78, 5) is 28.3. The fourth-order valence-corrected chi connectivity index (χ4v) is 2.69. The second-order valence-corrected chi connectivity index (χ2v) is 6.12. The quantitative estimate of drug-likeness (QED) is 0.826. The molecular weight excluding hydrogens is 294 g/mol. The van der Waals surface area contributed by atoms with Crippen LogP contribution in [0.1, 0.15) is 12.8 Å². The molecule has 1 atom stereocenters. The molecule has 0 spiro atoms. The lowest BCUT2D eigenvalue weighted by Crippen LogP contribution is -2.30. The number of nitrogens with one attached hydrogen (secondary N) is 1. The van der Waals surface area contributed by atoms with E-state index in [4.69, 9.17) is 4.74 Å². The van der Waals surface area contributed by atoms with Crippen molar-refractivity contribution in [2.75, 3.05) is 46.2 Å². The summed E-state index contributed by atoms with van der Waals surface area (Å²) in [5.74, 6) is 0.361. The van der Waals surface area contributed by atoms with E-state index in [1.54, 1.807) is 18.1 Å². The van der Waals surface area contributed by atoms with Gasteiger partial charge in [0.2, 0.25) is 11.8 Å². The first-order valence-electron chi connectivity index (χ1n) is 7.87. The third kappa shape index (κ3) is 4.96. The first-order chi connectivity index (χ1) is 11.0. The van der Waals surface area contributed by atoms with Crippen LogP contribution in [0.2, 0.25) is 0 Å². The van der Waals surface area contributed by atoms with Crippen LogP contribution in [0.3, 0.4) is 0 Å². The van der Waals surface area contributed by atoms with Crippen LogP contribution in [-0.4, -0.2) is 62.5 Å². The van der Waals surface area contributed by atoms with Crippen molar-refractivity contribution in [3.05, 3.63) is 24.3 Å². The van der Waals surface area contributed by atoms with Gasteiger partial charge in [-0.3, -0.25) is 9.59 Å². The number of carbonyl (C=O) groups is 2. The van der Waals surface area contributed by atoms with Gasteiger partial charge in [-0.15, -0.1) is 0 Å². The maximum absolute atomic E-state index is 12.3. The zero-order valence-electron chi connectivity index (χ0n) is 14.0. The third-order valence-electron chi connectivity index (χ3n) is 3.96. The number of amides is 2. The molecule has 1 aromatic carbocycles. The van der Waals surface area contributed by atoms with E-state index in [9.17, 15) is 9.59 Å². The summed E-state index contributed by atoms with van der Waals surface area (Å²) < 4.78 is 5.14. The summed E-state index contributed by atoms with van der Waals surface area (Å²) in [6.07, 6.45) is 1.21. The number of hydrogen-bond acceptors (Lipinski definition) is 4. The largest absolute Gasteiger partial charge is 0.497 e. The van der Waals surface area contributed by atoms with Crippen molar-refractivity contribution in [3.8, 4) is 5.75 Å². The average Bonchev–Trinajstić information content (AvgIpc) is 2.88. The highest BCUT2D eigenvalue weighted by Crippen LogP contribution is 2.22. The van der Waals surface area contributed by atoms with Crippen molar-refractivity contribution in [2.45, 2.75) is 12.8 Å². The molecule has 0 aliphatic carbocycles. The molecule has 2 rings (SSSR count). The Morgan fingerprint density at radius 2 is 2.22 bits per heavy atom. The first kappa shape index (κ1) is 17.3. The van der Waals surface area contributed by atoms with Gasteiger partial charge in [0.1, 0.15) is 5.75 Å². The predicted molar refractivity (Wildman–Crippen MR) is 89.5 cm³/mol. The van der Waals surface area contributed by atoms with Crippen molar-refractivity contribution in [1.82, 2.24) is 9.80 Å². The molecule has 1 fully saturated rings. The van der Waals surface area contributed by atoms with E-state index in [0.717, 1.165) is 13.0 Å². The fraction of sp³-hybridized carbons (Fsp3) is 0.529. The monoisotopic (exact) mass is 319 g/mol. The van der Waals surface area contributed by atoms with Crippen LogP contribution in [-0.2, 0) is 9.59 Å². The number of carbonyl (C=O) groups excluding carboxylic acids is 2. The molecule has 2 amide bonds. The number of likely N-dealkylation sites (tertiary alicyclic amines) is 1. The Kier molecular flexibility index (Phi) is 5.98. The van der Waals surface area contributed by atoms with E-state index in [2.05, 4.69) is 10.2 Å². The maximum atomic E-state index is 12.3. The minimum Gasteiger partial charge on any atom is -0.497 e. The van der Waals surface area contributed by atoms with Crippen LogP contribution in [0.5, 0.6) is 5.75 Å². The van der Waals surface area contributed by atoms with E-state index in [0.29, 0.717) is 24.5 Å². The fourth-order valence-electron chi connectivity index (χ4n) is 2.69. The number of ether oxygens (including phenoxy) is 1. The highest BCUT2D eigenvalue weighted by molar-refractivity contribution is 5.97. The molecule has 0 bridgehead atoms. The smallest absolute Gasteiger partial charge is 0.229 e. The molecule has 1 saturated heterocycles. The molecule has 1 heterocycles. The Morgan fingerprint density at radius 3 is 2.91 bits per heavy atom. The zero-order chi connectivity index (χ0) is 16.8. The van der Waals surface area contributed by atoms with Crippen molar-refractivity contribution in [1.29, 1.82) is 0 Å². The standard InChI is InChI=1S/C17H25N3O3/c1-19(2)8-5-9-20-12-13(10-16(20)21)17(22)18-14-6-4-7-15(11-14)23-3/h4,6-7,11,13H,5,8-10,12H2,1-3H3,(H,18,22). The van der Waals surface area contributed by atoms with Gasteiger partial charge in [0.25, 0.3) is 0 Å². The molecule has 1 aliphatic heterocycles. The summed E-state index contributed by atoms with van der Waals surface area (Å²) in [7, 11) is 5.61. The number of anilines is 1. The van der Waals surface area contributed by atoms with E-state index < -0.39 is 0 Å². The van der Waals surface area contributed by atoms with Gasteiger partial charge in [-0.1, -0.05) is 6.07 Å². The second-order valence-electron chi connectivity index (χ2n) is 6.12. The zero-order valence-corrected chi connectivity index (χ0v) is 14.0. The van der Waals surface area contributed by atoms with Crippen molar-refractivity contribution < 1.29 is 14.3 Å². The van der Waals surface area contributed by atoms with Gasteiger partial charge in [-0.25, -0.2) is 0 Å². The number of hydrogen-bond donors (Lipinski definition) is 1. The van der Waals surface area contributed by atoms with Crippen molar-refractivity contribution >= 4 is 17.5 Å². The van der Waals surface area contributed by atoms with Gasteiger partial charge in [0, 0.05) is 31.3 Å². The van der Waals surface area contributed by atoms with Gasteiger partial charge in [-0.05, 0) is 39.2 Å². The minimum atomic E-state index is -0.284. The van der Waals surface area contributed by atoms with Crippen LogP contribution >= 0.6 is 0 Å². The molecule has 0 saturated carbocycles. The molecule has 6 heteroatoms. The van der Waals surface area contributed by atoms with E-state index in [-0.39, 0.29) is 24.2 Å². The number of nitrogens with zero attached hydrogens (tertiary/aromatic N) is 2. The van der Waals surface area contributed by atoms with Crippen molar-refractivity contribution in [3.63, 3.8) is 0 Å². The lowest BCUT2D eigenvalue weighted by molar-refractivity contribution is -0.128. The van der Waals surface area contributed by atoms with Gasteiger partial charge in [0.15, 0.2) is 0 Å². The lowest BCUT2D eigenvalue weighted by atomic mass is 10.1. The number of rotatable bonds is 7. The van der Waals surface area contributed by atoms with Crippen LogP contribution in [0.25, 0.3) is 0 Å². The Labute approximate surface area is 137 Å². The molecule has 0 radical (unpaired) electrons. The van der Waals surface area contributed by atoms with Crippen LogP contribution < -0.4 is 10.1 Å². The Bertz CT molecular complexity index is 560. The third-order valence-corrected chi connectivity index (χ3v) is 3.96. The normalized spacial score (nSPS) is 17.7. The predicted octanol–water partition coefficient (Wildman–Crippen LogP) is 1.43. The number of methoxy groups -OCH3 is 1. The molecule has 6 nitrogen and oxygen atoms in total. The molecule has 1 aliphatic rings. The first-order valence-corrected chi connectivity index (χ1v) is 7.87. The second kappa shape index (κ2) is 7.97. The average molecular weight is 319 g/mol. The van der Waals surface area contributed by atoms with Crippen LogP contribution in [0.15, 0.2) is 24.3 Å². The molecule has 1 aromatic rings. The highest BCUT2D eigenvalue weighted by Gasteiger charge is 2.33. The molecule has 1 unspecified atom stereocenters. The molecule has 23 heavy (non-hydrogen) atoms. The summed E-state index contributed by atoms with van der Waals surface area (Å²) in [5.41, 5.74) is 0.688. The Hall–Kier alpha value is -2.08. The summed E-state index contributed by atoms with van der Waals surface area (Å²) in [6.45, 7) is 2.15. The molecule has 126 valence electrons. The SMILES string of the molecule is COc1cccc(NC(=O)C2CC(=O)N(CCCN(C)C)C2)c1. The topological polar surface area (TPSA) is 61.9 Å². The molecular formula is C17H25N3O3. The molecule has 0 aromatic heterocycles. The molecule has 1 N–H and O–H groups in total. The van der Waals surface area contributed by atoms with E-state index in [1.807, 2.05) is 32.3 Å². The van der Waals surface area contributed by atoms with E-state index >= 15 is 0 Å². The van der Waals surface area contributed by atoms with Crippen LogP contribution in [0, 0.1) is 5.92 Å². The summed E-state index contributed by atoms with van der Waals surface area (Å²) in [6, 6.07) is 7.22. The van der Waals surface area contributed by atoms with Gasteiger partial charge in [0.05, 0.1) is 13.0 Å². The van der Waals surface area contributed by atoms with E-state index in [1.165, 1.54) is 0 Å². The summed E-state index contributed by atoms with van der Waals surface area (Å²) >= 11 is 0. The lowest BCUT2D eigenvalue weighted by Gasteiger charge is -2.18. The van der Waals surface area contributed by atoms with Gasteiger partial charge >= 0.3 is 0 Å². The maximum Gasteiger partial charge on any atom is 0.229 e. The Morgan fingerprint density at radius 1 is 1.43 bits per heavy atom. The minimum absolute atomic E-state index is 0.0644. The van der Waals surface area contributed by atoms with Gasteiger partial charge < -0.3 is 19.9 Å². The van der Waals surface area contributed by atoms with Crippen LogP contribution in [0.4, 0.5) is 5.69 Å². The van der Waals surface area contributed by atoms with Crippen molar-refractivity contribution in [2.24, 2.45) is 5.92 Å². The van der Waals surface area contributed by atoms with Gasteiger partial charge in [-0.2, -0.15) is 0 Å². The Balaban J connectivity index is 1.87.